The first-order valence-electron chi connectivity index (χ1n) is 21.9. The normalized spacial score (nSPS) is 12.4. The van der Waals surface area contributed by atoms with Crippen molar-refractivity contribution in [3.8, 4) is 27.9 Å². The molecule has 62 heavy (non-hydrogen) atoms. The lowest BCUT2D eigenvalue weighted by atomic mass is 9.85. The lowest BCUT2D eigenvalue weighted by Gasteiger charge is -2.29. The van der Waals surface area contributed by atoms with Crippen molar-refractivity contribution in [3.05, 3.63) is 205 Å². The van der Waals surface area contributed by atoms with Crippen LogP contribution in [-0.4, -0.2) is 4.57 Å². The molecule has 10 aromatic carbocycles. The highest BCUT2D eigenvalue weighted by Crippen LogP contribution is 2.48. The number of fused-ring (bicyclic) bond motifs is 3. The summed E-state index contributed by atoms with van der Waals surface area (Å²) < 4.78 is 2.52. The maximum Gasteiger partial charge on any atom is 0.0541 e. The van der Waals surface area contributed by atoms with E-state index in [1.165, 1.54) is 93.2 Å². The minimum atomic E-state index is 0.0378. The first kappa shape index (κ1) is 37.8. The van der Waals surface area contributed by atoms with Crippen LogP contribution >= 0.6 is 0 Å². The molecule has 0 N–H and O–H groups in total. The number of anilines is 3. The van der Waals surface area contributed by atoms with Gasteiger partial charge in [-0.1, -0.05) is 181 Å². The summed E-state index contributed by atoms with van der Waals surface area (Å²) in [5.41, 5.74) is 14.6. The number of para-hydroxylation sites is 2. The standard InChI is InChI=1S/C60H50N2/c1-59(2,3)44-29-35-55-50(37-44)51-38-45(60(4,5)6)30-36-56(51)62(55)54-34-28-43-25-31-48-53(33-27-42-26-32-49(54)58(43)57(42)48)61(46-17-11-8-12-18-46)52-20-14-13-19-47(52)41-23-21-40(22-24-41)39-15-9-7-10-16-39/h7-38H,1-6H3. The number of aromatic nitrogens is 1. The first-order valence-corrected chi connectivity index (χ1v) is 21.9. The summed E-state index contributed by atoms with van der Waals surface area (Å²) >= 11 is 0. The molecule has 0 aliphatic heterocycles. The molecule has 1 heterocycles. The van der Waals surface area contributed by atoms with E-state index in [4.69, 9.17) is 0 Å². The molecule has 0 spiro atoms. The molecule has 1 aromatic heterocycles. The Labute approximate surface area is 364 Å². The van der Waals surface area contributed by atoms with Crippen LogP contribution in [0, 0.1) is 0 Å². The molecule has 0 aliphatic rings. The molecule has 2 heteroatoms. The summed E-state index contributed by atoms with van der Waals surface area (Å²) in [5, 5.41) is 10.2. The number of rotatable bonds is 6. The van der Waals surface area contributed by atoms with E-state index in [-0.39, 0.29) is 10.8 Å². The third kappa shape index (κ3) is 6.16. The topological polar surface area (TPSA) is 8.17 Å². The van der Waals surface area contributed by atoms with E-state index >= 15 is 0 Å². The molecule has 11 rings (SSSR count). The van der Waals surface area contributed by atoms with Gasteiger partial charge >= 0.3 is 0 Å². The average molecular weight is 799 g/mol. The molecule has 0 saturated carbocycles. The van der Waals surface area contributed by atoms with Gasteiger partial charge in [-0.25, -0.2) is 0 Å². The maximum absolute atomic E-state index is 2.52. The fourth-order valence-corrected chi connectivity index (χ4v) is 9.75. The van der Waals surface area contributed by atoms with Crippen LogP contribution in [0.25, 0.3) is 82.1 Å². The first-order chi connectivity index (χ1) is 30.0. The molecule has 0 saturated heterocycles. The number of nitrogens with zero attached hydrogens (tertiary/aromatic N) is 2. The highest BCUT2D eigenvalue weighted by molar-refractivity contribution is 6.27. The van der Waals surface area contributed by atoms with E-state index < -0.39 is 0 Å². The van der Waals surface area contributed by atoms with Crippen molar-refractivity contribution in [3.63, 3.8) is 0 Å². The average Bonchev–Trinajstić information content (AvgIpc) is 3.62. The van der Waals surface area contributed by atoms with Gasteiger partial charge < -0.3 is 9.47 Å². The Hall–Kier alpha value is -7.16. The van der Waals surface area contributed by atoms with Crippen LogP contribution < -0.4 is 4.90 Å². The van der Waals surface area contributed by atoms with Crippen molar-refractivity contribution in [2.24, 2.45) is 0 Å². The molecule has 0 unspecified atom stereocenters. The summed E-state index contributed by atoms with van der Waals surface area (Å²) in [6.45, 7) is 13.9. The van der Waals surface area contributed by atoms with Crippen molar-refractivity contribution in [2.75, 3.05) is 4.90 Å². The van der Waals surface area contributed by atoms with Crippen molar-refractivity contribution in [1.82, 2.24) is 4.57 Å². The quantitative estimate of drug-likeness (QED) is 0.152. The van der Waals surface area contributed by atoms with E-state index in [0.29, 0.717) is 0 Å². The van der Waals surface area contributed by atoms with Crippen LogP contribution in [0.15, 0.2) is 194 Å². The van der Waals surface area contributed by atoms with Crippen LogP contribution in [0.2, 0.25) is 0 Å². The smallest absolute Gasteiger partial charge is 0.0541 e. The molecule has 0 amide bonds. The molecular weight excluding hydrogens is 749 g/mol. The minimum Gasteiger partial charge on any atom is -0.309 e. The number of benzene rings is 10. The van der Waals surface area contributed by atoms with Crippen LogP contribution in [0.3, 0.4) is 0 Å². The van der Waals surface area contributed by atoms with Crippen LogP contribution in [0.5, 0.6) is 0 Å². The molecule has 0 radical (unpaired) electrons. The van der Waals surface area contributed by atoms with Gasteiger partial charge in [-0.3, -0.25) is 0 Å². The third-order valence-electron chi connectivity index (χ3n) is 13.1. The molecule has 2 nitrogen and oxygen atoms in total. The van der Waals surface area contributed by atoms with Crippen molar-refractivity contribution in [2.45, 2.75) is 52.4 Å². The van der Waals surface area contributed by atoms with Gasteiger partial charge in [0.1, 0.15) is 0 Å². The summed E-state index contributed by atoms with van der Waals surface area (Å²) in [4.78, 5) is 2.46. The van der Waals surface area contributed by atoms with Gasteiger partial charge in [-0.2, -0.15) is 0 Å². The van der Waals surface area contributed by atoms with Crippen LogP contribution in [0.1, 0.15) is 52.7 Å². The Morgan fingerprint density at radius 2 is 0.871 bits per heavy atom. The van der Waals surface area contributed by atoms with Gasteiger partial charge in [-0.15, -0.1) is 0 Å². The summed E-state index contributed by atoms with van der Waals surface area (Å²) in [7, 11) is 0. The lowest BCUT2D eigenvalue weighted by molar-refractivity contribution is 0.590. The Kier molecular flexibility index (Phi) is 8.67. The van der Waals surface area contributed by atoms with Gasteiger partial charge in [0.05, 0.1) is 28.1 Å². The summed E-state index contributed by atoms with van der Waals surface area (Å²) in [5.74, 6) is 0. The van der Waals surface area contributed by atoms with Gasteiger partial charge in [0.15, 0.2) is 0 Å². The molecule has 0 atom stereocenters. The van der Waals surface area contributed by atoms with Gasteiger partial charge in [-0.05, 0) is 115 Å². The van der Waals surface area contributed by atoms with E-state index in [9.17, 15) is 0 Å². The minimum absolute atomic E-state index is 0.0378. The monoisotopic (exact) mass is 798 g/mol. The van der Waals surface area contributed by atoms with E-state index in [1.54, 1.807) is 0 Å². The van der Waals surface area contributed by atoms with E-state index in [0.717, 1.165) is 17.1 Å². The van der Waals surface area contributed by atoms with Gasteiger partial charge in [0.25, 0.3) is 0 Å². The fraction of sp³-hybridized carbons (Fsp3) is 0.133. The second-order valence-corrected chi connectivity index (χ2v) is 19.0. The van der Waals surface area contributed by atoms with Crippen LogP contribution in [0.4, 0.5) is 17.1 Å². The summed E-state index contributed by atoms with van der Waals surface area (Å²) in [6, 6.07) is 72.2. The number of hydrogen-bond donors (Lipinski definition) is 0. The Morgan fingerprint density at radius 3 is 1.50 bits per heavy atom. The maximum atomic E-state index is 2.52. The third-order valence-corrected chi connectivity index (χ3v) is 13.1. The van der Waals surface area contributed by atoms with Crippen molar-refractivity contribution < 1.29 is 0 Å². The van der Waals surface area contributed by atoms with Crippen molar-refractivity contribution in [1.29, 1.82) is 0 Å². The predicted octanol–water partition coefficient (Wildman–Crippen LogP) is 17.1. The van der Waals surface area contributed by atoms with E-state index in [1.807, 2.05) is 0 Å². The SMILES string of the molecule is CC(C)(C)c1ccc2c(c1)c1cc(C(C)(C)C)ccc1n2-c1ccc2ccc3c(N(c4ccccc4)c4ccccc4-c4ccc(-c5ccccc5)cc4)ccc4ccc1c2c43. The van der Waals surface area contributed by atoms with Crippen molar-refractivity contribution >= 4 is 71.2 Å². The Morgan fingerprint density at radius 1 is 0.371 bits per heavy atom. The largest absolute Gasteiger partial charge is 0.309 e. The second-order valence-electron chi connectivity index (χ2n) is 19.0. The molecule has 11 aromatic rings. The summed E-state index contributed by atoms with van der Waals surface area (Å²) in [6.07, 6.45) is 0. The highest BCUT2D eigenvalue weighted by atomic mass is 15.1. The molecule has 0 fully saturated rings. The zero-order valence-corrected chi connectivity index (χ0v) is 36.4. The molecule has 0 aliphatic carbocycles. The number of hydrogen-bond acceptors (Lipinski definition) is 1. The molecule has 300 valence electrons. The van der Waals surface area contributed by atoms with Crippen LogP contribution in [-0.2, 0) is 10.8 Å². The molecular formula is C60H50N2. The van der Waals surface area contributed by atoms with Gasteiger partial charge in [0.2, 0.25) is 0 Å². The molecule has 0 bridgehead atoms. The Balaban J connectivity index is 1.14. The predicted molar refractivity (Wildman–Crippen MR) is 267 cm³/mol. The zero-order chi connectivity index (χ0) is 42.3. The fourth-order valence-electron chi connectivity index (χ4n) is 9.75. The Bertz CT molecular complexity index is 3380. The highest BCUT2D eigenvalue weighted by Gasteiger charge is 2.24. The zero-order valence-electron chi connectivity index (χ0n) is 36.4. The van der Waals surface area contributed by atoms with E-state index in [2.05, 4.69) is 245 Å². The second kappa shape index (κ2) is 14.2. The van der Waals surface area contributed by atoms with Gasteiger partial charge in [0, 0.05) is 32.8 Å². The lowest BCUT2D eigenvalue weighted by Crippen LogP contribution is -2.12.